The Morgan fingerprint density at radius 3 is 2.33 bits per heavy atom. The van der Waals surface area contributed by atoms with Crippen molar-refractivity contribution in [2.24, 2.45) is 5.92 Å². The second kappa shape index (κ2) is 13.7. The van der Waals surface area contributed by atoms with Gasteiger partial charge in [0.2, 0.25) is 0 Å². The monoisotopic (exact) mass is 476 g/mol. The van der Waals surface area contributed by atoms with E-state index in [9.17, 15) is 4.79 Å². The molecule has 0 saturated carbocycles. The third-order valence-electron chi connectivity index (χ3n) is 6.30. The van der Waals surface area contributed by atoms with E-state index < -0.39 is 8.32 Å². The van der Waals surface area contributed by atoms with Gasteiger partial charge < -0.3 is 18.6 Å². The van der Waals surface area contributed by atoms with Crippen LogP contribution in [-0.2, 0) is 25.3 Å². The van der Waals surface area contributed by atoms with Gasteiger partial charge in [-0.05, 0) is 61.5 Å². The maximum absolute atomic E-state index is 11.6. The highest BCUT2D eigenvalue weighted by atomic mass is 28.4. The fraction of sp³-hybridized carbons (Fsp3) is 0.593. The van der Waals surface area contributed by atoms with Gasteiger partial charge in [0.1, 0.15) is 12.4 Å². The van der Waals surface area contributed by atoms with Gasteiger partial charge in [-0.15, -0.1) is 0 Å². The van der Waals surface area contributed by atoms with Gasteiger partial charge in [0, 0.05) is 6.08 Å². The highest BCUT2D eigenvalue weighted by molar-refractivity contribution is 6.74. The van der Waals surface area contributed by atoms with E-state index in [-0.39, 0.29) is 35.7 Å². The number of carbonyl (C=O) groups excluding carboxylic acids is 1. The van der Waals surface area contributed by atoms with Crippen molar-refractivity contribution in [3.05, 3.63) is 54.6 Å². The van der Waals surface area contributed by atoms with Crippen LogP contribution in [0.25, 0.3) is 0 Å². The molecule has 33 heavy (non-hydrogen) atoms. The predicted octanol–water partition coefficient (Wildman–Crippen LogP) is 6.69. The Hall–Kier alpha value is -1.89. The molecule has 0 spiro atoms. The lowest BCUT2D eigenvalue weighted by molar-refractivity contribution is -0.136. The molecule has 6 heteroatoms. The number of ether oxygens (including phenoxy) is 3. The van der Waals surface area contributed by atoms with Crippen LogP contribution in [0.4, 0.5) is 0 Å². The summed E-state index contributed by atoms with van der Waals surface area (Å²) in [5.41, 5.74) is 1.09. The van der Waals surface area contributed by atoms with Gasteiger partial charge >= 0.3 is 5.97 Å². The Morgan fingerprint density at radius 2 is 1.79 bits per heavy atom. The molecule has 1 aromatic rings. The molecule has 0 fully saturated rings. The molecule has 0 aliphatic carbocycles. The first-order chi connectivity index (χ1) is 15.4. The van der Waals surface area contributed by atoms with Crippen LogP contribution in [0.5, 0.6) is 5.75 Å². The number of hydrogen-bond acceptors (Lipinski definition) is 5. The van der Waals surface area contributed by atoms with Gasteiger partial charge in [-0.25, -0.2) is 4.79 Å². The van der Waals surface area contributed by atoms with Crippen LogP contribution in [-0.4, -0.2) is 40.2 Å². The summed E-state index contributed by atoms with van der Waals surface area (Å²) in [5.74, 6) is 0.734. The lowest BCUT2D eigenvalue weighted by Crippen LogP contribution is -2.48. The smallest absolute Gasteiger partial charge is 0.330 e. The largest absolute Gasteiger partial charge is 0.497 e. The van der Waals surface area contributed by atoms with Gasteiger partial charge in [0.05, 0.1) is 25.9 Å². The first-order valence-corrected chi connectivity index (χ1v) is 14.7. The number of allylic oxidation sites excluding steroid dienone is 1. The molecule has 0 N–H and O–H groups in total. The Labute approximate surface area is 202 Å². The van der Waals surface area contributed by atoms with Crippen LogP contribution in [0.3, 0.4) is 0 Å². The van der Waals surface area contributed by atoms with Gasteiger partial charge in [-0.3, -0.25) is 0 Å². The van der Waals surface area contributed by atoms with Crippen molar-refractivity contribution < 1.29 is 23.4 Å². The number of benzene rings is 1. The molecule has 0 radical (unpaired) electrons. The third-order valence-corrected chi connectivity index (χ3v) is 10.9. The molecule has 186 valence electrons. The molecule has 0 aliphatic rings. The summed E-state index contributed by atoms with van der Waals surface area (Å²) in [6.45, 7) is 19.9. The lowest BCUT2D eigenvalue weighted by atomic mass is 9.95. The number of hydrogen-bond donors (Lipinski definition) is 0. The average Bonchev–Trinajstić information content (AvgIpc) is 2.74. The van der Waals surface area contributed by atoms with Gasteiger partial charge in [0.15, 0.2) is 8.32 Å². The number of carbonyl (C=O) groups is 1. The molecular formula is C27H44O5Si. The van der Waals surface area contributed by atoms with E-state index in [4.69, 9.17) is 18.6 Å². The van der Waals surface area contributed by atoms with E-state index in [0.29, 0.717) is 6.61 Å². The van der Waals surface area contributed by atoms with Crippen molar-refractivity contribution in [3.63, 3.8) is 0 Å². The summed E-state index contributed by atoms with van der Waals surface area (Å²) in [5, 5.41) is 0.125. The number of esters is 1. The molecule has 0 unspecified atom stereocenters. The zero-order valence-electron chi connectivity index (χ0n) is 21.9. The molecular weight excluding hydrogens is 432 g/mol. The van der Waals surface area contributed by atoms with E-state index >= 15 is 0 Å². The summed E-state index contributed by atoms with van der Waals surface area (Å²) in [7, 11) is -0.280. The van der Waals surface area contributed by atoms with Crippen LogP contribution >= 0.6 is 0 Å². The summed E-state index contributed by atoms with van der Waals surface area (Å²) in [6.07, 6.45) is 6.44. The molecule has 0 aliphatic heterocycles. The minimum Gasteiger partial charge on any atom is -0.497 e. The van der Waals surface area contributed by atoms with E-state index in [1.165, 1.54) is 6.08 Å². The minimum atomic E-state index is -1.94. The van der Waals surface area contributed by atoms with Crippen LogP contribution in [0, 0.1) is 5.92 Å². The summed E-state index contributed by atoms with van der Waals surface area (Å²) in [6, 6.07) is 7.95. The fourth-order valence-corrected chi connectivity index (χ4v) is 4.69. The minimum absolute atomic E-state index is 0.0410. The SMILES string of the molecule is C=CCOC(=O)/C=C/CC[C@H](C)[C@H](OCc1ccc(OC)cc1)[C@H](C)O[Si](C)(C)C(C)(C)C. The van der Waals surface area contributed by atoms with Gasteiger partial charge in [-0.1, -0.05) is 58.6 Å². The van der Waals surface area contributed by atoms with Crippen molar-refractivity contribution in [2.45, 2.75) is 84.4 Å². The molecule has 1 rings (SSSR count). The van der Waals surface area contributed by atoms with Crippen molar-refractivity contribution >= 4 is 14.3 Å². The Balaban J connectivity index is 2.84. The van der Waals surface area contributed by atoms with Crippen LogP contribution in [0.2, 0.25) is 18.1 Å². The highest BCUT2D eigenvalue weighted by Gasteiger charge is 2.40. The van der Waals surface area contributed by atoms with Crippen molar-refractivity contribution in [1.29, 1.82) is 0 Å². The first kappa shape index (κ1) is 29.1. The first-order valence-electron chi connectivity index (χ1n) is 11.8. The van der Waals surface area contributed by atoms with E-state index in [0.717, 1.165) is 24.2 Å². The van der Waals surface area contributed by atoms with E-state index in [1.807, 2.05) is 30.3 Å². The molecule has 0 heterocycles. The molecule has 0 saturated heterocycles. The van der Waals surface area contributed by atoms with Gasteiger partial charge in [-0.2, -0.15) is 0 Å². The molecule has 3 atom stereocenters. The molecule has 1 aromatic carbocycles. The highest BCUT2D eigenvalue weighted by Crippen LogP contribution is 2.38. The fourth-order valence-electron chi connectivity index (χ4n) is 3.28. The summed E-state index contributed by atoms with van der Waals surface area (Å²) in [4.78, 5) is 11.6. The van der Waals surface area contributed by atoms with Crippen LogP contribution in [0.15, 0.2) is 49.1 Å². The molecule has 0 amide bonds. The average molecular weight is 477 g/mol. The predicted molar refractivity (Wildman–Crippen MR) is 138 cm³/mol. The lowest BCUT2D eigenvalue weighted by Gasteiger charge is -2.41. The second-order valence-corrected chi connectivity index (χ2v) is 14.8. The van der Waals surface area contributed by atoms with Crippen molar-refractivity contribution in [2.75, 3.05) is 13.7 Å². The topological polar surface area (TPSA) is 54.0 Å². The summed E-state index contributed by atoms with van der Waals surface area (Å²) < 4.78 is 23.4. The number of rotatable bonds is 14. The third kappa shape index (κ3) is 10.3. The maximum atomic E-state index is 11.6. The second-order valence-electron chi connectivity index (χ2n) is 10.1. The molecule has 0 bridgehead atoms. The zero-order chi connectivity index (χ0) is 25.1. The van der Waals surface area contributed by atoms with Crippen LogP contribution < -0.4 is 4.74 Å². The quantitative estimate of drug-likeness (QED) is 0.130. The number of methoxy groups -OCH3 is 1. The Morgan fingerprint density at radius 1 is 1.15 bits per heavy atom. The van der Waals surface area contributed by atoms with Gasteiger partial charge in [0.25, 0.3) is 0 Å². The zero-order valence-corrected chi connectivity index (χ0v) is 22.9. The molecule has 0 aromatic heterocycles. The normalized spacial score (nSPS) is 15.2. The van der Waals surface area contributed by atoms with E-state index in [1.54, 1.807) is 13.2 Å². The molecule has 5 nitrogen and oxygen atoms in total. The summed E-state index contributed by atoms with van der Waals surface area (Å²) >= 11 is 0. The van der Waals surface area contributed by atoms with Crippen LogP contribution in [0.1, 0.15) is 53.0 Å². The standard InChI is InChI=1S/C27H44O5Si/c1-10-19-30-25(28)14-12-11-13-21(2)26(22(3)32-33(8,9)27(4,5)6)31-20-23-15-17-24(29-7)18-16-23/h10,12,14-18,21-22,26H,1,11,13,19-20H2,2-9H3/b14-12+/t21-,22-,26-/m0/s1. The van der Waals surface area contributed by atoms with Crippen molar-refractivity contribution in [1.82, 2.24) is 0 Å². The maximum Gasteiger partial charge on any atom is 0.330 e. The Bertz CT molecular complexity index is 749. The van der Waals surface area contributed by atoms with E-state index in [2.05, 4.69) is 54.3 Å². The Kier molecular flexibility index (Phi) is 12.1. The van der Waals surface area contributed by atoms with Crippen molar-refractivity contribution in [3.8, 4) is 5.75 Å².